The Labute approximate surface area is 93.0 Å². The van der Waals surface area contributed by atoms with E-state index >= 15 is 0 Å². The Hall–Kier alpha value is -0.610. The maximum atomic E-state index is 11.8. The maximum absolute atomic E-state index is 11.8. The average molecular weight is 216 g/mol. The molecular formula is C11H24N2O2. The van der Waals surface area contributed by atoms with Gasteiger partial charge in [-0.05, 0) is 12.5 Å². The fourth-order valence-electron chi connectivity index (χ4n) is 1.30. The Morgan fingerprint density at radius 1 is 1.47 bits per heavy atom. The van der Waals surface area contributed by atoms with Crippen LogP contribution >= 0.6 is 0 Å². The zero-order valence-corrected chi connectivity index (χ0v) is 10.4. The van der Waals surface area contributed by atoms with Gasteiger partial charge in [0.15, 0.2) is 0 Å². The molecule has 0 spiro atoms. The van der Waals surface area contributed by atoms with E-state index in [9.17, 15) is 4.79 Å². The van der Waals surface area contributed by atoms with Gasteiger partial charge in [0.25, 0.3) is 0 Å². The van der Waals surface area contributed by atoms with Crippen molar-refractivity contribution in [3.05, 3.63) is 0 Å². The SMILES string of the molecule is CCNCC(=O)N(CCOC)CC(C)C. The molecule has 90 valence electrons. The summed E-state index contributed by atoms with van der Waals surface area (Å²) in [5.74, 6) is 0.648. The largest absolute Gasteiger partial charge is 0.383 e. The van der Waals surface area contributed by atoms with Gasteiger partial charge >= 0.3 is 0 Å². The molecule has 0 atom stereocenters. The van der Waals surface area contributed by atoms with Gasteiger partial charge in [-0.15, -0.1) is 0 Å². The lowest BCUT2D eigenvalue weighted by Crippen LogP contribution is -2.41. The van der Waals surface area contributed by atoms with Crippen LogP contribution in [0.1, 0.15) is 20.8 Å². The van der Waals surface area contributed by atoms with Crippen molar-refractivity contribution < 1.29 is 9.53 Å². The molecule has 0 aliphatic heterocycles. The number of hydrogen-bond acceptors (Lipinski definition) is 3. The highest BCUT2D eigenvalue weighted by Crippen LogP contribution is 1.99. The number of carbonyl (C=O) groups excluding carboxylic acids is 1. The topological polar surface area (TPSA) is 41.6 Å². The van der Waals surface area contributed by atoms with Crippen LogP contribution in [-0.2, 0) is 9.53 Å². The van der Waals surface area contributed by atoms with Gasteiger partial charge in [-0.1, -0.05) is 20.8 Å². The number of rotatable bonds is 8. The molecule has 0 aliphatic carbocycles. The van der Waals surface area contributed by atoms with Crippen LogP contribution in [0, 0.1) is 5.92 Å². The third kappa shape index (κ3) is 7.33. The molecule has 0 aliphatic rings. The van der Waals surface area contributed by atoms with Crippen LogP contribution in [0.4, 0.5) is 0 Å². The van der Waals surface area contributed by atoms with Crippen LogP contribution in [-0.4, -0.2) is 50.7 Å². The predicted octanol–water partition coefficient (Wildman–Crippen LogP) is 0.727. The number of nitrogens with one attached hydrogen (secondary N) is 1. The molecular weight excluding hydrogens is 192 g/mol. The van der Waals surface area contributed by atoms with E-state index in [4.69, 9.17) is 4.74 Å². The highest BCUT2D eigenvalue weighted by molar-refractivity contribution is 5.78. The van der Waals surface area contributed by atoms with Crippen molar-refractivity contribution in [2.75, 3.05) is 39.9 Å². The molecule has 0 unspecified atom stereocenters. The summed E-state index contributed by atoms with van der Waals surface area (Å²) in [6, 6.07) is 0. The monoisotopic (exact) mass is 216 g/mol. The lowest BCUT2D eigenvalue weighted by Gasteiger charge is -2.24. The second-order valence-corrected chi connectivity index (χ2v) is 4.01. The molecule has 4 heteroatoms. The molecule has 15 heavy (non-hydrogen) atoms. The molecule has 0 fully saturated rings. The fraction of sp³-hybridized carbons (Fsp3) is 0.909. The van der Waals surface area contributed by atoms with Crippen LogP contribution < -0.4 is 5.32 Å². The van der Waals surface area contributed by atoms with Gasteiger partial charge in [-0.3, -0.25) is 4.79 Å². The van der Waals surface area contributed by atoms with E-state index < -0.39 is 0 Å². The predicted molar refractivity (Wildman–Crippen MR) is 61.8 cm³/mol. The van der Waals surface area contributed by atoms with E-state index in [-0.39, 0.29) is 5.91 Å². The van der Waals surface area contributed by atoms with Gasteiger partial charge in [-0.25, -0.2) is 0 Å². The van der Waals surface area contributed by atoms with E-state index in [1.165, 1.54) is 0 Å². The highest BCUT2D eigenvalue weighted by Gasteiger charge is 2.13. The van der Waals surface area contributed by atoms with E-state index in [2.05, 4.69) is 19.2 Å². The first-order valence-corrected chi connectivity index (χ1v) is 5.59. The van der Waals surface area contributed by atoms with Crippen molar-refractivity contribution in [1.82, 2.24) is 10.2 Å². The number of methoxy groups -OCH3 is 1. The summed E-state index contributed by atoms with van der Waals surface area (Å²) in [4.78, 5) is 13.6. The fourth-order valence-corrected chi connectivity index (χ4v) is 1.30. The van der Waals surface area contributed by atoms with Crippen molar-refractivity contribution in [2.45, 2.75) is 20.8 Å². The normalized spacial score (nSPS) is 10.7. The molecule has 1 amide bonds. The Morgan fingerprint density at radius 2 is 2.13 bits per heavy atom. The zero-order valence-electron chi connectivity index (χ0n) is 10.4. The van der Waals surface area contributed by atoms with Crippen molar-refractivity contribution >= 4 is 5.91 Å². The molecule has 0 aromatic carbocycles. The Kier molecular flexibility index (Phi) is 8.33. The second kappa shape index (κ2) is 8.68. The van der Waals surface area contributed by atoms with E-state index in [0.29, 0.717) is 25.6 Å². The molecule has 0 rings (SSSR count). The molecule has 0 saturated carbocycles. The molecule has 0 aromatic heterocycles. The Balaban J connectivity index is 4.02. The first-order chi connectivity index (χ1) is 7.11. The van der Waals surface area contributed by atoms with Crippen molar-refractivity contribution in [3.63, 3.8) is 0 Å². The van der Waals surface area contributed by atoms with Gasteiger partial charge in [0.2, 0.25) is 5.91 Å². The first-order valence-electron chi connectivity index (χ1n) is 5.59. The van der Waals surface area contributed by atoms with Crippen molar-refractivity contribution in [2.24, 2.45) is 5.92 Å². The molecule has 1 N–H and O–H groups in total. The van der Waals surface area contributed by atoms with Gasteiger partial charge < -0.3 is 15.0 Å². The second-order valence-electron chi connectivity index (χ2n) is 4.01. The van der Waals surface area contributed by atoms with Crippen LogP contribution in [0.25, 0.3) is 0 Å². The Morgan fingerprint density at radius 3 is 2.60 bits per heavy atom. The van der Waals surface area contributed by atoms with E-state index in [0.717, 1.165) is 13.1 Å². The van der Waals surface area contributed by atoms with Crippen LogP contribution in [0.5, 0.6) is 0 Å². The summed E-state index contributed by atoms with van der Waals surface area (Å²) >= 11 is 0. The van der Waals surface area contributed by atoms with E-state index in [1.54, 1.807) is 7.11 Å². The number of likely N-dealkylation sites (N-methyl/N-ethyl adjacent to an activating group) is 1. The lowest BCUT2D eigenvalue weighted by atomic mass is 10.2. The van der Waals surface area contributed by atoms with Gasteiger partial charge in [0.1, 0.15) is 0 Å². The summed E-state index contributed by atoms with van der Waals surface area (Å²) in [6.45, 7) is 9.55. The third-order valence-corrected chi connectivity index (χ3v) is 2.03. The zero-order chi connectivity index (χ0) is 11.7. The summed E-state index contributed by atoms with van der Waals surface area (Å²) in [5, 5.41) is 3.05. The smallest absolute Gasteiger partial charge is 0.236 e. The minimum absolute atomic E-state index is 0.155. The number of nitrogens with zero attached hydrogens (tertiary/aromatic N) is 1. The summed E-state index contributed by atoms with van der Waals surface area (Å²) in [7, 11) is 1.66. The third-order valence-electron chi connectivity index (χ3n) is 2.03. The van der Waals surface area contributed by atoms with Crippen molar-refractivity contribution in [1.29, 1.82) is 0 Å². The summed E-state index contributed by atoms with van der Waals surface area (Å²) in [5.41, 5.74) is 0. The van der Waals surface area contributed by atoms with Gasteiger partial charge in [-0.2, -0.15) is 0 Å². The maximum Gasteiger partial charge on any atom is 0.236 e. The molecule has 0 saturated heterocycles. The highest BCUT2D eigenvalue weighted by atomic mass is 16.5. The first kappa shape index (κ1) is 14.4. The van der Waals surface area contributed by atoms with Crippen LogP contribution in [0.3, 0.4) is 0 Å². The molecule has 0 radical (unpaired) electrons. The van der Waals surface area contributed by atoms with Gasteiger partial charge in [0, 0.05) is 20.2 Å². The van der Waals surface area contributed by atoms with Crippen LogP contribution in [0.15, 0.2) is 0 Å². The van der Waals surface area contributed by atoms with E-state index in [1.807, 2.05) is 11.8 Å². The number of ether oxygens (including phenoxy) is 1. The quantitative estimate of drug-likeness (QED) is 0.650. The Bertz CT molecular complexity index is 172. The minimum Gasteiger partial charge on any atom is -0.383 e. The van der Waals surface area contributed by atoms with Crippen LogP contribution in [0.2, 0.25) is 0 Å². The minimum atomic E-state index is 0.155. The molecule has 0 bridgehead atoms. The lowest BCUT2D eigenvalue weighted by molar-refractivity contribution is -0.131. The number of hydrogen-bond donors (Lipinski definition) is 1. The number of amides is 1. The average Bonchev–Trinajstić information content (AvgIpc) is 2.20. The van der Waals surface area contributed by atoms with Gasteiger partial charge in [0.05, 0.1) is 13.2 Å². The molecule has 0 aromatic rings. The number of carbonyl (C=O) groups is 1. The van der Waals surface area contributed by atoms with Crippen molar-refractivity contribution in [3.8, 4) is 0 Å². The summed E-state index contributed by atoms with van der Waals surface area (Å²) in [6.07, 6.45) is 0. The standard InChI is InChI=1S/C11H24N2O2/c1-5-12-8-11(14)13(6-7-15-4)9-10(2)3/h10,12H,5-9H2,1-4H3. The molecule has 0 heterocycles. The molecule has 4 nitrogen and oxygen atoms in total. The summed E-state index contributed by atoms with van der Waals surface area (Å²) < 4.78 is 4.99.